The van der Waals surface area contributed by atoms with Crippen LogP contribution in [0.1, 0.15) is 82.3 Å². The van der Waals surface area contributed by atoms with Gasteiger partial charge < -0.3 is 24.9 Å². The van der Waals surface area contributed by atoms with Crippen molar-refractivity contribution in [2.75, 3.05) is 20.6 Å². The second-order valence-corrected chi connectivity index (χ2v) is 16.6. The summed E-state index contributed by atoms with van der Waals surface area (Å²) in [6.07, 6.45) is 7.97. The first-order valence-electron chi connectivity index (χ1n) is 12.8. The Hall–Kier alpha value is -1.97. The van der Waals surface area contributed by atoms with E-state index in [0.29, 0.717) is 12.2 Å². The first-order chi connectivity index (χ1) is 16.1. The summed E-state index contributed by atoms with van der Waals surface area (Å²) in [6, 6.07) is -0.664. The zero-order chi connectivity index (χ0) is 26.6. The summed E-state index contributed by atoms with van der Waals surface area (Å²) in [4.78, 5) is 43.3. The fourth-order valence-corrected chi connectivity index (χ4v) is 5.02. The van der Waals surface area contributed by atoms with Crippen molar-refractivity contribution in [1.82, 2.24) is 25.1 Å². The normalized spacial score (nSPS) is 16.6. The minimum absolute atomic E-state index is 0.0323. The number of imidazole rings is 1. The number of amides is 2. The van der Waals surface area contributed by atoms with Crippen LogP contribution >= 0.6 is 0 Å². The maximum Gasteiger partial charge on any atom is 0.272 e. The summed E-state index contributed by atoms with van der Waals surface area (Å²) in [5, 5.41) is 5.57. The van der Waals surface area contributed by atoms with Crippen molar-refractivity contribution in [1.29, 1.82) is 0 Å². The van der Waals surface area contributed by atoms with Crippen molar-refractivity contribution in [2.45, 2.75) is 97.6 Å². The van der Waals surface area contributed by atoms with Crippen LogP contribution in [0.4, 0.5) is 0 Å². The van der Waals surface area contributed by atoms with Crippen LogP contribution in [0.2, 0.25) is 18.1 Å². The van der Waals surface area contributed by atoms with Crippen molar-refractivity contribution < 1.29 is 14.4 Å². The van der Waals surface area contributed by atoms with Crippen molar-refractivity contribution in [2.24, 2.45) is 5.41 Å². The minimum Gasteiger partial charge on any atom is -0.432 e. The second-order valence-electron chi connectivity index (χ2n) is 12.1. The molecule has 1 atom stereocenters. The molecule has 3 N–H and O–H groups in total. The second kappa shape index (κ2) is 11.4. The molecule has 1 aliphatic heterocycles. The SMILES string of the molecule is CNC(=O)[C@@H](NC(=O)c1nc(/C=C/CCCC(C)(C)[Si](C)(C)O)n2c1CN(C)CCC2)C(C)(C)C. The maximum absolute atomic E-state index is 13.4. The van der Waals surface area contributed by atoms with Crippen LogP contribution in [0, 0.1) is 5.41 Å². The molecule has 0 fully saturated rings. The molecule has 0 radical (unpaired) electrons. The predicted octanol–water partition coefficient (Wildman–Crippen LogP) is 3.77. The van der Waals surface area contributed by atoms with Gasteiger partial charge in [-0.15, -0.1) is 0 Å². The zero-order valence-electron chi connectivity index (χ0n) is 23.3. The highest BCUT2D eigenvalue weighted by Gasteiger charge is 2.37. The van der Waals surface area contributed by atoms with Crippen molar-refractivity contribution in [3.05, 3.63) is 23.3 Å². The quantitative estimate of drug-likeness (QED) is 0.350. The first kappa shape index (κ1) is 29.3. The number of hydrogen-bond donors (Lipinski definition) is 3. The van der Waals surface area contributed by atoms with Gasteiger partial charge in [-0.05, 0) is 68.9 Å². The summed E-state index contributed by atoms with van der Waals surface area (Å²) in [6.45, 7) is 16.5. The summed E-state index contributed by atoms with van der Waals surface area (Å²) >= 11 is 0. The zero-order valence-corrected chi connectivity index (χ0v) is 24.3. The predicted molar refractivity (Wildman–Crippen MR) is 145 cm³/mol. The number of allylic oxidation sites excluding steroid dienone is 1. The van der Waals surface area contributed by atoms with E-state index in [1.807, 2.05) is 39.9 Å². The van der Waals surface area contributed by atoms with Crippen LogP contribution in [0.5, 0.6) is 0 Å². The summed E-state index contributed by atoms with van der Waals surface area (Å²) in [5.41, 5.74) is 0.845. The number of unbranched alkanes of at least 4 members (excludes halogenated alkanes) is 1. The lowest BCUT2D eigenvalue weighted by Crippen LogP contribution is -2.53. The monoisotopic (exact) mass is 505 g/mol. The van der Waals surface area contributed by atoms with Gasteiger partial charge in [-0.2, -0.15) is 0 Å². The van der Waals surface area contributed by atoms with Gasteiger partial charge in [0.05, 0.1) is 5.69 Å². The van der Waals surface area contributed by atoms with Gasteiger partial charge in [0.2, 0.25) is 5.91 Å². The Morgan fingerprint density at radius 2 is 1.86 bits per heavy atom. The maximum atomic E-state index is 13.4. The van der Waals surface area contributed by atoms with Crippen LogP contribution in [-0.2, 0) is 17.9 Å². The van der Waals surface area contributed by atoms with Gasteiger partial charge in [0, 0.05) is 20.1 Å². The van der Waals surface area contributed by atoms with Crippen LogP contribution in [-0.4, -0.2) is 66.1 Å². The fourth-order valence-electron chi connectivity index (χ4n) is 4.23. The fraction of sp³-hybridized carbons (Fsp3) is 0.731. The Morgan fingerprint density at radius 1 is 1.20 bits per heavy atom. The lowest BCUT2D eigenvalue weighted by Gasteiger charge is -2.35. The number of rotatable bonds is 9. The summed E-state index contributed by atoms with van der Waals surface area (Å²) in [5.74, 6) is 0.248. The number of carbonyl (C=O) groups excluding carboxylic acids is 2. The molecular formula is C26H47N5O3Si. The molecule has 0 spiro atoms. The Labute approximate surface area is 212 Å². The Bertz CT molecular complexity index is 925. The number of carbonyl (C=O) groups is 2. The molecule has 8 nitrogen and oxygen atoms in total. The van der Waals surface area contributed by atoms with E-state index in [2.05, 4.69) is 47.1 Å². The Balaban J connectivity index is 2.26. The molecule has 0 unspecified atom stereocenters. The van der Waals surface area contributed by atoms with E-state index in [1.165, 1.54) is 0 Å². The van der Waals surface area contributed by atoms with Gasteiger partial charge in [-0.25, -0.2) is 4.98 Å². The first-order valence-corrected chi connectivity index (χ1v) is 15.7. The lowest BCUT2D eigenvalue weighted by molar-refractivity contribution is -0.124. The standard InChI is InChI=1S/C26H47N5O3Si/c1-25(2,3)22(24(33)27-6)29-23(32)21-19-18-30(7)16-13-17-31(19)20(28-21)14-11-10-12-15-26(4,5)35(8,9)34/h11,14,22,34H,10,12-13,15-18H2,1-9H3,(H,27,33)(H,29,32)/b14-11+/t22-/m1/s1. The molecular weight excluding hydrogens is 458 g/mol. The molecule has 0 aliphatic carbocycles. The van der Waals surface area contributed by atoms with Gasteiger partial charge in [0.25, 0.3) is 5.91 Å². The van der Waals surface area contributed by atoms with Gasteiger partial charge in [-0.1, -0.05) is 40.7 Å². The van der Waals surface area contributed by atoms with Crippen LogP contribution in [0.25, 0.3) is 6.08 Å². The van der Waals surface area contributed by atoms with Crippen LogP contribution in [0.3, 0.4) is 0 Å². The third kappa shape index (κ3) is 7.51. The number of fused-ring (bicyclic) bond motifs is 1. The molecule has 1 aromatic rings. The third-order valence-corrected chi connectivity index (χ3v) is 11.0. The van der Waals surface area contributed by atoms with E-state index in [0.717, 1.165) is 50.3 Å². The number of aromatic nitrogens is 2. The molecule has 0 bridgehead atoms. The highest BCUT2D eigenvalue weighted by Crippen LogP contribution is 2.40. The van der Waals surface area contributed by atoms with E-state index in [9.17, 15) is 14.4 Å². The molecule has 0 aromatic carbocycles. The largest absolute Gasteiger partial charge is 0.432 e. The van der Waals surface area contributed by atoms with Gasteiger partial charge in [0.1, 0.15) is 11.9 Å². The molecule has 2 rings (SSSR count). The summed E-state index contributed by atoms with van der Waals surface area (Å²) in [7, 11) is 1.43. The lowest BCUT2D eigenvalue weighted by atomic mass is 9.86. The Morgan fingerprint density at radius 3 is 2.43 bits per heavy atom. The number of nitrogens with one attached hydrogen (secondary N) is 2. The summed E-state index contributed by atoms with van der Waals surface area (Å²) < 4.78 is 2.15. The number of nitrogens with zero attached hydrogens (tertiary/aromatic N) is 3. The molecule has 1 aromatic heterocycles. The van der Waals surface area contributed by atoms with Gasteiger partial charge in [0.15, 0.2) is 14.0 Å². The van der Waals surface area contributed by atoms with Crippen LogP contribution in [0.15, 0.2) is 6.08 Å². The molecule has 35 heavy (non-hydrogen) atoms. The van der Waals surface area contributed by atoms with Crippen molar-refractivity contribution in [3.63, 3.8) is 0 Å². The van der Waals surface area contributed by atoms with E-state index < -0.39 is 19.8 Å². The van der Waals surface area contributed by atoms with Gasteiger partial charge >= 0.3 is 0 Å². The number of likely N-dealkylation sites (N-methyl/N-ethyl adjacent to an activating group) is 1. The van der Waals surface area contributed by atoms with Crippen molar-refractivity contribution in [3.8, 4) is 0 Å². The molecule has 2 heterocycles. The molecule has 2 amide bonds. The highest BCUT2D eigenvalue weighted by atomic mass is 28.4. The molecule has 9 heteroatoms. The van der Waals surface area contributed by atoms with E-state index in [-0.39, 0.29) is 16.9 Å². The molecule has 0 saturated heterocycles. The molecule has 0 saturated carbocycles. The van der Waals surface area contributed by atoms with E-state index in [4.69, 9.17) is 4.98 Å². The smallest absolute Gasteiger partial charge is 0.272 e. The average Bonchev–Trinajstić information content (AvgIpc) is 2.94. The molecule has 198 valence electrons. The van der Waals surface area contributed by atoms with Gasteiger partial charge in [-0.3, -0.25) is 9.59 Å². The van der Waals surface area contributed by atoms with E-state index >= 15 is 0 Å². The minimum atomic E-state index is -2.21. The highest BCUT2D eigenvalue weighted by molar-refractivity contribution is 6.72. The Kier molecular flexibility index (Phi) is 9.52. The topological polar surface area (TPSA) is 99.5 Å². The third-order valence-electron chi connectivity index (χ3n) is 7.40. The molecule has 1 aliphatic rings. The van der Waals surface area contributed by atoms with E-state index in [1.54, 1.807) is 7.05 Å². The number of hydrogen-bond acceptors (Lipinski definition) is 5. The van der Waals surface area contributed by atoms with Crippen LogP contribution < -0.4 is 10.6 Å². The average molecular weight is 506 g/mol. The van der Waals surface area contributed by atoms with Crippen molar-refractivity contribution >= 4 is 26.2 Å².